The fourth-order valence-electron chi connectivity index (χ4n) is 1.73. The van der Waals surface area contributed by atoms with Gasteiger partial charge in [0.2, 0.25) is 0 Å². The predicted molar refractivity (Wildman–Crippen MR) is 64.6 cm³/mol. The van der Waals surface area contributed by atoms with Crippen molar-refractivity contribution in [1.29, 1.82) is 0 Å². The minimum absolute atomic E-state index is 0.277. The third-order valence-corrected chi connectivity index (χ3v) is 2.79. The van der Waals surface area contributed by atoms with Gasteiger partial charge >= 0.3 is 5.97 Å². The Labute approximate surface area is 96.7 Å². The lowest BCUT2D eigenvalue weighted by atomic mass is 9.77. The van der Waals surface area contributed by atoms with Gasteiger partial charge in [-0.05, 0) is 18.9 Å². The number of esters is 1. The van der Waals surface area contributed by atoms with Gasteiger partial charge in [0, 0.05) is 6.42 Å². The van der Waals surface area contributed by atoms with Crippen LogP contribution in [0, 0.1) is 17.8 Å². The summed E-state index contributed by atoms with van der Waals surface area (Å²) in [7, 11) is 1.39. The van der Waals surface area contributed by atoms with E-state index in [-0.39, 0.29) is 5.97 Å². The fraction of sp³-hybridized carbons (Fsp3) is 0.357. The number of carbonyl (C=O) groups excluding carboxylic acids is 1. The molecule has 16 heavy (non-hydrogen) atoms. The Balaban J connectivity index is 3.07. The van der Waals surface area contributed by atoms with Crippen molar-refractivity contribution in [3.05, 3.63) is 36.0 Å². The van der Waals surface area contributed by atoms with Crippen molar-refractivity contribution in [2.24, 2.45) is 5.41 Å². The molecule has 2 heteroatoms. The second-order valence-corrected chi connectivity index (χ2v) is 3.91. The van der Waals surface area contributed by atoms with E-state index in [4.69, 9.17) is 11.2 Å². The maximum absolute atomic E-state index is 11.8. The number of allylic oxidation sites excluding steroid dienone is 5. The van der Waals surface area contributed by atoms with Crippen molar-refractivity contribution in [2.75, 3.05) is 7.11 Å². The first kappa shape index (κ1) is 12.3. The largest absolute Gasteiger partial charge is 0.468 e. The van der Waals surface area contributed by atoms with Gasteiger partial charge in [-0.1, -0.05) is 30.4 Å². The number of hydrogen-bond donors (Lipinski definition) is 0. The summed E-state index contributed by atoms with van der Waals surface area (Å²) in [5.41, 5.74) is 0.269. The molecule has 0 aromatic rings. The number of terminal acetylenes is 1. The highest BCUT2D eigenvalue weighted by atomic mass is 16.5. The second kappa shape index (κ2) is 5.37. The van der Waals surface area contributed by atoms with Crippen molar-refractivity contribution in [3.8, 4) is 12.3 Å². The molecule has 0 N–H and O–H groups in total. The molecule has 0 saturated heterocycles. The van der Waals surface area contributed by atoms with Gasteiger partial charge in [-0.2, -0.15) is 0 Å². The zero-order valence-corrected chi connectivity index (χ0v) is 9.69. The quantitative estimate of drug-likeness (QED) is 0.535. The van der Waals surface area contributed by atoms with Crippen molar-refractivity contribution in [3.63, 3.8) is 0 Å². The van der Waals surface area contributed by atoms with Crippen LogP contribution in [0.2, 0.25) is 0 Å². The van der Waals surface area contributed by atoms with Gasteiger partial charge in [0.25, 0.3) is 0 Å². The first-order valence-corrected chi connectivity index (χ1v) is 5.20. The molecule has 0 bridgehead atoms. The van der Waals surface area contributed by atoms with Crippen LogP contribution in [-0.4, -0.2) is 13.1 Å². The highest BCUT2D eigenvalue weighted by Gasteiger charge is 2.36. The summed E-state index contributed by atoms with van der Waals surface area (Å²) < 4.78 is 4.84. The van der Waals surface area contributed by atoms with Crippen LogP contribution in [0.25, 0.3) is 0 Å². The predicted octanol–water partition coefficient (Wildman–Crippen LogP) is 2.63. The summed E-state index contributed by atoms with van der Waals surface area (Å²) in [6, 6.07) is 0. The Morgan fingerprint density at radius 3 is 2.94 bits per heavy atom. The average Bonchev–Trinajstić information content (AvgIpc) is 2.57. The van der Waals surface area contributed by atoms with Gasteiger partial charge in [-0.15, -0.1) is 12.3 Å². The molecule has 1 aliphatic carbocycles. The molecule has 0 aromatic carbocycles. The highest BCUT2D eigenvalue weighted by Crippen LogP contribution is 2.35. The van der Waals surface area contributed by atoms with Gasteiger partial charge in [0.1, 0.15) is 0 Å². The van der Waals surface area contributed by atoms with E-state index in [0.717, 1.165) is 12.0 Å². The molecule has 84 valence electrons. The van der Waals surface area contributed by atoms with E-state index in [1.165, 1.54) is 7.11 Å². The Morgan fingerprint density at radius 1 is 1.56 bits per heavy atom. The SMILES string of the molecule is C#CCC(C)(C(=O)OC)C1=CC=CC=CC1. The van der Waals surface area contributed by atoms with Crippen LogP contribution in [0.3, 0.4) is 0 Å². The van der Waals surface area contributed by atoms with Gasteiger partial charge in [-0.25, -0.2) is 0 Å². The van der Waals surface area contributed by atoms with Crippen molar-refractivity contribution >= 4 is 5.97 Å². The van der Waals surface area contributed by atoms with Gasteiger partial charge < -0.3 is 4.74 Å². The van der Waals surface area contributed by atoms with Crippen LogP contribution in [0.5, 0.6) is 0 Å². The molecule has 0 heterocycles. The molecule has 0 radical (unpaired) electrons. The number of methoxy groups -OCH3 is 1. The molecule has 1 aliphatic rings. The van der Waals surface area contributed by atoms with Crippen LogP contribution in [0.15, 0.2) is 36.0 Å². The normalized spacial score (nSPS) is 17.9. The Morgan fingerprint density at radius 2 is 2.31 bits per heavy atom. The number of rotatable bonds is 3. The number of ether oxygens (including phenoxy) is 1. The van der Waals surface area contributed by atoms with Crippen LogP contribution in [0.1, 0.15) is 19.8 Å². The Kier molecular flexibility index (Phi) is 4.13. The van der Waals surface area contributed by atoms with E-state index in [9.17, 15) is 4.79 Å². The molecule has 0 saturated carbocycles. The zero-order chi connectivity index (χ0) is 12.0. The van der Waals surface area contributed by atoms with Gasteiger partial charge in [-0.3, -0.25) is 4.79 Å². The lowest BCUT2D eigenvalue weighted by Gasteiger charge is -2.27. The van der Waals surface area contributed by atoms with Crippen molar-refractivity contribution in [2.45, 2.75) is 19.8 Å². The average molecular weight is 216 g/mol. The van der Waals surface area contributed by atoms with E-state index in [0.29, 0.717) is 6.42 Å². The van der Waals surface area contributed by atoms with Crippen molar-refractivity contribution < 1.29 is 9.53 Å². The summed E-state index contributed by atoms with van der Waals surface area (Å²) in [5, 5.41) is 0. The zero-order valence-electron chi connectivity index (χ0n) is 9.69. The summed E-state index contributed by atoms with van der Waals surface area (Å²) >= 11 is 0. The maximum Gasteiger partial charge on any atom is 0.316 e. The second-order valence-electron chi connectivity index (χ2n) is 3.91. The number of carbonyl (C=O) groups is 1. The standard InChI is InChI=1S/C14H16O2/c1-4-11-14(2,13(15)16-3)12-9-7-5-6-8-10-12/h1,5-9H,10-11H2,2-3H3. The van der Waals surface area contributed by atoms with Gasteiger partial charge in [0.15, 0.2) is 0 Å². The van der Waals surface area contributed by atoms with E-state index in [2.05, 4.69) is 5.92 Å². The molecular formula is C14H16O2. The maximum atomic E-state index is 11.8. The molecular weight excluding hydrogens is 200 g/mol. The van der Waals surface area contributed by atoms with E-state index < -0.39 is 5.41 Å². The van der Waals surface area contributed by atoms with Crippen LogP contribution in [-0.2, 0) is 9.53 Å². The van der Waals surface area contributed by atoms with E-state index in [1.807, 2.05) is 37.3 Å². The number of hydrogen-bond acceptors (Lipinski definition) is 2. The van der Waals surface area contributed by atoms with Crippen molar-refractivity contribution in [1.82, 2.24) is 0 Å². The molecule has 1 unspecified atom stereocenters. The first-order chi connectivity index (χ1) is 7.65. The Hall–Kier alpha value is -1.75. The third-order valence-electron chi connectivity index (χ3n) is 2.79. The minimum Gasteiger partial charge on any atom is -0.468 e. The topological polar surface area (TPSA) is 26.3 Å². The van der Waals surface area contributed by atoms with Crippen LogP contribution < -0.4 is 0 Å². The van der Waals surface area contributed by atoms with Gasteiger partial charge in [0.05, 0.1) is 12.5 Å². The van der Waals surface area contributed by atoms with E-state index in [1.54, 1.807) is 0 Å². The summed E-state index contributed by atoms with van der Waals surface area (Å²) in [5.74, 6) is 2.27. The van der Waals surface area contributed by atoms with Crippen LogP contribution in [0.4, 0.5) is 0 Å². The van der Waals surface area contributed by atoms with Crippen LogP contribution >= 0.6 is 0 Å². The minimum atomic E-state index is -0.720. The fourth-order valence-corrected chi connectivity index (χ4v) is 1.73. The van der Waals surface area contributed by atoms with E-state index >= 15 is 0 Å². The third kappa shape index (κ3) is 2.43. The Bertz CT molecular complexity index is 393. The highest BCUT2D eigenvalue weighted by molar-refractivity contribution is 5.80. The molecule has 0 amide bonds. The molecule has 0 fully saturated rings. The molecule has 1 rings (SSSR count). The smallest absolute Gasteiger partial charge is 0.316 e. The molecule has 1 atom stereocenters. The summed E-state index contributed by atoms with van der Waals surface area (Å²) in [6.45, 7) is 1.83. The molecule has 2 nitrogen and oxygen atoms in total. The summed E-state index contributed by atoms with van der Waals surface area (Å²) in [4.78, 5) is 11.8. The molecule has 0 spiro atoms. The lowest BCUT2D eigenvalue weighted by molar-refractivity contribution is -0.149. The molecule has 0 aromatic heterocycles. The lowest BCUT2D eigenvalue weighted by Crippen LogP contribution is -2.31. The summed E-state index contributed by atoms with van der Waals surface area (Å²) in [6.07, 6.45) is 16.2. The molecule has 0 aliphatic heterocycles. The first-order valence-electron chi connectivity index (χ1n) is 5.20. The monoisotopic (exact) mass is 216 g/mol.